The van der Waals surface area contributed by atoms with Crippen molar-refractivity contribution >= 4 is 50.6 Å². The third-order valence-corrected chi connectivity index (χ3v) is 5.53. The van der Waals surface area contributed by atoms with Crippen molar-refractivity contribution in [1.29, 1.82) is 0 Å². The number of nitrogens with two attached hydrogens (primary N) is 1. The summed E-state index contributed by atoms with van der Waals surface area (Å²) in [7, 11) is 0. The normalized spacial score (nSPS) is 10.9. The summed E-state index contributed by atoms with van der Waals surface area (Å²) < 4.78 is 0. The maximum absolute atomic E-state index is 11.8. The number of aromatic nitrogens is 2. The molecule has 0 amide bonds. The maximum Gasteiger partial charge on any atom is 0.189 e. The fourth-order valence-electron chi connectivity index (χ4n) is 2.30. The summed E-state index contributed by atoms with van der Waals surface area (Å²) >= 11 is 2.55. The summed E-state index contributed by atoms with van der Waals surface area (Å²) in [5.74, 6) is 0.271. The lowest BCUT2D eigenvalue weighted by Crippen LogP contribution is -1.98. The minimum atomic E-state index is -0.0903. The molecule has 0 aliphatic carbocycles. The molecule has 7 heteroatoms. The number of anilines is 1. The molecule has 0 unspecified atom stereocenters. The van der Waals surface area contributed by atoms with Gasteiger partial charge in [0.25, 0.3) is 0 Å². The first-order chi connectivity index (χ1) is 11.5. The average Bonchev–Trinajstić information content (AvgIpc) is 2.90. The lowest BCUT2D eigenvalue weighted by Gasteiger charge is -2.06. The molecule has 2 aromatic heterocycles. The molecule has 0 spiro atoms. The Kier molecular flexibility index (Phi) is 4.64. The van der Waals surface area contributed by atoms with E-state index in [2.05, 4.69) is 9.97 Å². The van der Waals surface area contributed by atoms with Gasteiger partial charge in [-0.05, 0) is 6.92 Å². The predicted octanol–water partition coefficient (Wildman–Crippen LogP) is 3.82. The first-order valence-electron chi connectivity index (χ1n) is 7.26. The number of rotatable bonds is 5. The number of nitrogens with zero attached hydrogens (tertiary/aromatic N) is 2. The van der Waals surface area contributed by atoms with Gasteiger partial charge in [-0.2, -0.15) is 0 Å². The Labute approximate surface area is 147 Å². The minimum absolute atomic E-state index is 0.0556. The number of carbonyl (C=O) groups excluding carboxylic acids is 2. The van der Waals surface area contributed by atoms with Crippen molar-refractivity contribution in [3.05, 3.63) is 35.2 Å². The van der Waals surface area contributed by atoms with Crippen molar-refractivity contribution in [2.24, 2.45) is 0 Å². The molecular weight excluding hydrogens is 342 g/mol. The lowest BCUT2D eigenvalue weighted by molar-refractivity contribution is -0.114. The molecular formula is C17H15N3O2S2. The molecule has 122 valence electrons. The van der Waals surface area contributed by atoms with Gasteiger partial charge >= 0.3 is 0 Å². The predicted molar refractivity (Wildman–Crippen MR) is 98.7 cm³/mol. The first-order valence-corrected chi connectivity index (χ1v) is 9.06. The van der Waals surface area contributed by atoms with Crippen LogP contribution in [0.2, 0.25) is 0 Å². The van der Waals surface area contributed by atoms with Crippen LogP contribution in [0.1, 0.15) is 23.5 Å². The second-order valence-corrected chi connectivity index (χ2v) is 7.23. The molecule has 0 aliphatic heterocycles. The zero-order valence-electron chi connectivity index (χ0n) is 13.2. The molecule has 2 heterocycles. The van der Waals surface area contributed by atoms with E-state index >= 15 is 0 Å². The van der Waals surface area contributed by atoms with Crippen LogP contribution in [0.3, 0.4) is 0 Å². The molecule has 3 rings (SSSR count). The molecule has 2 N–H and O–H groups in total. The van der Waals surface area contributed by atoms with Gasteiger partial charge in [0.2, 0.25) is 0 Å². The van der Waals surface area contributed by atoms with Gasteiger partial charge in [0, 0.05) is 12.5 Å². The Morgan fingerprint density at radius 3 is 2.50 bits per heavy atom. The Morgan fingerprint density at radius 1 is 1.17 bits per heavy atom. The highest BCUT2D eigenvalue weighted by Crippen LogP contribution is 2.39. The topological polar surface area (TPSA) is 85.9 Å². The highest BCUT2D eigenvalue weighted by atomic mass is 32.2. The SMILES string of the molecule is CC(=O)CSc1nc(-c2ccccc2)c2c(N)c(C(C)=O)sc2n1. The van der Waals surface area contributed by atoms with Gasteiger partial charge in [-0.3, -0.25) is 9.59 Å². The van der Waals surface area contributed by atoms with E-state index in [1.807, 2.05) is 30.3 Å². The van der Waals surface area contributed by atoms with Crippen LogP contribution < -0.4 is 5.73 Å². The lowest BCUT2D eigenvalue weighted by atomic mass is 10.1. The van der Waals surface area contributed by atoms with E-state index in [0.717, 1.165) is 5.56 Å². The van der Waals surface area contributed by atoms with Gasteiger partial charge in [0.05, 0.1) is 27.4 Å². The average molecular weight is 357 g/mol. The van der Waals surface area contributed by atoms with Crippen LogP contribution in [-0.4, -0.2) is 27.3 Å². The molecule has 5 nitrogen and oxygen atoms in total. The van der Waals surface area contributed by atoms with Crippen LogP contribution >= 0.6 is 23.1 Å². The van der Waals surface area contributed by atoms with E-state index in [9.17, 15) is 9.59 Å². The Morgan fingerprint density at radius 2 is 1.88 bits per heavy atom. The number of fused-ring (bicyclic) bond motifs is 1. The Hall–Kier alpha value is -2.25. The number of hydrogen-bond acceptors (Lipinski definition) is 7. The number of hydrogen-bond donors (Lipinski definition) is 1. The van der Waals surface area contributed by atoms with E-state index in [1.54, 1.807) is 0 Å². The van der Waals surface area contributed by atoms with E-state index in [0.29, 0.717) is 37.4 Å². The number of benzene rings is 1. The second-order valence-electron chi connectivity index (χ2n) is 5.29. The molecule has 0 aliphatic rings. The summed E-state index contributed by atoms with van der Waals surface area (Å²) in [6.45, 7) is 3.02. The van der Waals surface area contributed by atoms with Gasteiger partial charge in [0.1, 0.15) is 10.6 Å². The highest BCUT2D eigenvalue weighted by molar-refractivity contribution is 7.99. The number of thioether (sulfide) groups is 1. The van der Waals surface area contributed by atoms with E-state index in [1.165, 1.54) is 36.9 Å². The number of nitrogen functional groups attached to an aromatic ring is 1. The van der Waals surface area contributed by atoms with Crippen LogP contribution in [0.5, 0.6) is 0 Å². The van der Waals surface area contributed by atoms with Gasteiger partial charge in [-0.1, -0.05) is 42.1 Å². The van der Waals surface area contributed by atoms with Crippen molar-refractivity contribution in [3.63, 3.8) is 0 Å². The summed E-state index contributed by atoms with van der Waals surface area (Å²) in [4.78, 5) is 33.3. The molecule has 0 fully saturated rings. The van der Waals surface area contributed by atoms with Crippen LogP contribution in [0.4, 0.5) is 5.69 Å². The minimum Gasteiger partial charge on any atom is -0.397 e. The monoisotopic (exact) mass is 357 g/mol. The summed E-state index contributed by atoms with van der Waals surface area (Å²) in [5, 5.41) is 1.21. The van der Waals surface area contributed by atoms with Crippen LogP contribution in [0, 0.1) is 0 Å². The van der Waals surface area contributed by atoms with Crippen molar-refractivity contribution < 1.29 is 9.59 Å². The van der Waals surface area contributed by atoms with E-state index in [4.69, 9.17) is 5.73 Å². The van der Waals surface area contributed by atoms with Crippen LogP contribution in [0.15, 0.2) is 35.5 Å². The quantitative estimate of drug-likeness (QED) is 0.424. The molecule has 24 heavy (non-hydrogen) atoms. The largest absolute Gasteiger partial charge is 0.397 e. The molecule has 3 aromatic rings. The van der Waals surface area contributed by atoms with Gasteiger partial charge in [-0.25, -0.2) is 9.97 Å². The van der Waals surface area contributed by atoms with Crippen LogP contribution in [0.25, 0.3) is 21.5 Å². The molecule has 0 radical (unpaired) electrons. The van der Waals surface area contributed by atoms with Crippen molar-refractivity contribution in [2.45, 2.75) is 19.0 Å². The van der Waals surface area contributed by atoms with Crippen molar-refractivity contribution in [2.75, 3.05) is 11.5 Å². The van der Waals surface area contributed by atoms with E-state index < -0.39 is 0 Å². The summed E-state index contributed by atoms with van der Waals surface area (Å²) in [6, 6.07) is 9.63. The molecule has 1 aromatic carbocycles. The molecule has 0 saturated heterocycles. The molecule has 0 saturated carbocycles. The standard InChI is InChI=1S/C17H15N3O2S2/c1-9(21)8-23-17-19-14(11-6-4-3-5-7-11)12-13(18)15(10(2)22)24-16(12)20-17/h3-7H,8,18H2,1-2H3. The van der Waals surface area contributed by atoms with Crippen LogP contribution in [-0.2, 0) is 4.79 Å². The number of thiophene rings is 1. The fraction of sp³-hybridized carbons (Fsp3) is 0.176. The molecule has 0 atom stereocenters. The van der Waals surface area contributed by atoms with Gasteiger partial charge < -0.3 is 5.73 Å². The number of Topliss-reactive ketones (excluding diaryl/α,β-unsaturated/α-hetero) is 2. The fourth-order valence-corrected chi connectivity index (χ4v) is 3.99. The Bertz CT molecular complexity index is 936. The third-order valence-electron chi connectivity index (χ3n) is 3.34. The molecule has 0 bridgehead atoms. The number of ketones is 2. The zero-order chi connectivity index (χ0) is 17.3. The zero-order valence-corrected chi connectivity index (χ0v) is 14.8. The van der Waals surface area contributed by atoms with Crippen molar-refractivity contribution in [3.8, 4) is 11.3 Å². The highest BCUT2D eigenvalue weighted by Gasteiger charge is 2.20. The van der Waals surface area contributed by atoms with Gasteiger partial charge in [-0.15, -0.1) is 11.3 Å². The van der Waals surface area contributed by atoms with Gasteiger partial charge in [0.15, 0.2) is 10.9 Å². The Balaban J connectivity index is 2.24. The first kappa shape index (κ1) is 16.6. The second kappa shape index (κ2) is 6.70. The van der Waals surface area contributed by atoms with E-state index in [-0.39, 0.29) is 11.6 Å². The van der Waals surface area contributed by atoms with Crippen molar-refractivity contribution in [1.82, 2.24) is 9.97 Å². The number of carbonyl (C=O) groups is 2. The summed E-state index contributed by atoms with van der Waals surface area (Å²) in [5.41, 5.74) is 8.21. The third kappa shape index (κ3) is 3.18. The maximum atomic E-state index is 11.8. The summed E-state index contributed by atoms with van der Waals surface area (Å²) in [6.07, 6.45) is 0. The smallest absolute Gasteiger partial charge is 0.189 e.